The van der Waals surface area contributed by atoms with Gasteiger partial charge in [0.2, 0.25) is 4.96 Å². The van der Waals surface area contributed by atoms with Crippen LogP contribution in [0, 0.1) is 0 Å². The second-order valence-corrected chi connectivity index (χ2v) is 10.2. The number of hydrogen-bond donors (Lipinski definition) is 0. The van der Waals surface area contributed by atoms with Crippen molar-refractivity contribution < 1.29 is 9.47 Å². The number of nitrogens with zero attached hydrogens (tertiary/aromatic N) is 3. The number of thiazole rings is 1. The Labute approximate surface area is 221 Å². The zero-order valence-electron chi connectivity index (χ0n) is 20.7. The Hall–Kier alpha value is -4.56. The van der Waals surface area contributed by atoms with E-state index in [2.05, 4.69) is 10.1 Å². The first kappa shape index (κ1) is 23.8. The molecule has 0 aliphatic carbocycles. The molecule has 8 heteroatoms. The summed E-state index contributed by atoms with van der Waals surface area (Å²) in [6, 6.07) is 24.7. The minimum Gasteiger partial charge on any atom is -0.491 e. The van der Waals surface area contributed by atoms with Gasteiger partial charge in [-0.2, -0.15) is 14.6 Å². The molecule has 188 valence electrons. The molecule has 0 bridgehead atoms. The Morgan fingerprint density at radius 3 is 2.47 bits per heavy atom. The molecule has 1 aliphatic rings. The Balaban J connectivity index is 1.45. The van der Waals surface area contributed by atoms with E-state index < -0.39 is 5.56 Å². The second kappa shape index (κ2) is 9.72. The normalized spacial score (nSPS) is 15.3. The third kappa shape index (κ3) is 4.50. The maximum atomic E-state index is 13.4. The molecule has 2 aromatic heterocycles. The van der Waals surface area contributed by atoms with Crippen molar-refractivity contribution >= 4 is 28.4 Å². The number of hydrogen-bond acceptors (Lipinski definition) is 7. The monoisotopic (exact) mass is 521 g/mol. The minimum absolute atomic E-state index is 0.0331. The van der Waals surface area contributed by atoms with E-state index in [0.29, 0.717) is 15.8 Å². The number of ether oxygens (including phenoxy) is 2. The molecule has 0 amide bonds. The fourth-order valence-corrected chi connectivity index (χ4v) is 5.27. The van der Waals surface area contributed by atoms with Gasteiger partial charge in [-0.05, 0) is 67.5 Å². The van der Waals surface area contributed by atoms with Gasteiger partial charge in [-0.3, -0.25) is 9.59 Å². The van der Waals surface area contributed by atoms with Gasteiger partial charge in [-0.25, -0.2) is 0 Å². The van der Waals surface area contributed by atoms with E-state index >= 15 is 0 Å². The fourth-order valence-electron chi connectivity index (χ4n) is 4.37. The van der Waals surface area contributed by atoms with Crippen LogP contribution in [0.15, 0.2) is 94.0 Å². The standard InChI is InChI=1S/C30H23N3O4S/c1-18(2)36-23-14-12-19(13-15-23)26-28(34)31-30-33(32-26)29(35)25(38-30)17-22-16-21-10-6-7-11-24(21)37-27(22)20-8-4-3-5-9-20/h3-18,27H,1-2H3/b25-17+. The van der Waals surface area contributed by atoms with Crippen molar-refractivity contribution in [3.05, 3.63) is 121 Å². The van der Waals surface area contributed by atoms with Crippen molar-refractivity contribution in [3.8, 4) is 22.8 Å². The van der Waals surface area contributed by atoms with Gasteiger partial charge in [0, 0.05) is 11.1 Å². The highest BCUT2D eigenvalue weighted by molar-refractivity contribution is 7.15. The Morgan fingerprint density at radius 2 is 1.71 bits per heavy atom. The third-order valence-corrected chi connectivity index (χ3v) is 7.03. The summed E-state index contributed by atoms with van der Waals surface area (Å²) in [7, 11) is 0. The molecule has 38 heavy (non-hydrogen) atoms. The lowest BCUT2D eigenvalue weighted by atomic mass is 9.96. The van der Waals surface area contributed by atoms with Gasteiger partial charge in [0.05, 0.1) is 10.6 Å². The van der Waals surface area contributed by atoms with Crippen LogP contribution < -0.4 is 25.1 Å². The molecular formula is C30H23N3O4S. The number of fused-ring (bicyclic) bond motifs is 2. The first-order valence-electron chi connectivity index (χ1n) is 12.2. The van der Waals surface area contributed by atoms with Crippen molar-refractivity contribution in [3.63, 3.8) is 0 Å². The predicted molar refractivity (Wildman–Crippen MR) is 149 cm³/mol. The van der Waals surface area contributed by atoms with Crippen LogP contribution in [-0.4, -0.2) is 20.7 Å². The quantitative estimate of drug-likeness (QED) is 0.334. The zero-order chi connectivity index (χ0) is 26.2. The lowest BCUT2D eigenvalue weighted by Gasteiger charge is -2.26. The molecule has 0 spiro atoms. The number of benzene rings is 3. The van der Waals surface area contributed by atoms with E-state index in [0.717, 1.165) is 33.8 Å². The molecular weight excluding hydrogens is 498 g/mol. The van der Waals surface area contributed by atoms with Crippen LogP contribution in [0.3, 0.4) is 0 Å². The number of rotatable bonds is 5. The molecule has 6 rings (SSSR count). The van der Waals surface area contributed by atoms with Crippen LogP contribution in [0.25, 0.3) is 28.4 Å². The first-order chi connectivity index (χ1) is 18.5. The molecule has 3 heterocycles. The van der Waals surface area contributed by atoms with Crippen LogP contribution in [0.1, 0.15) is 31.1 Å². The summed E-state index contributed by atoms with van der Waals surface area (Å²) in [5.74, 6) is 1.47. The molecule has 0 saturated heterocycles. The lowest BCUT2D eigenvalue weighted by Crippen LogP contribution is -2.27. The Bertz CT molecular complexity index is 1840. The van der Waals surface area contributed by atoms with E-state index in [1.165, 1.54) is 4.52 Å². The molecule has 7 nitrogen and oxygen atoms in total. The van der Waals surface area contributed by atoms with Crippen molar-refractivity contribution in [2.45, 2.75) is 26.1 Å². The summed E-state index contributed by atoms with van der Waals surface area (Å²) < 4.78 is 13.6. The van der Waals surface area contributed by atoms with Crippen molar-refractivity contribution in [1.29, 1.82) is 0 Å². The zero-order valence-corrected chi connectivity index (χ0v) is 21.5. The van der Waals surface area contributed by atoms with Crippen molar-refractivity contribution in [2.24, 2.45) is 0 Å². The molecule has 3 aromatic carbocycles. The third-order valence-electron chi connectivity index (χ3n) is 6.07. The van der Waals surface area contributed by atoms with E-state index in [4.69, 9.17) is 9.47 Å². The fraction of sp³-hybridized carbons (Fsp3) is 0.133. The first-order valence-corrected chi connectivity index (χ1v) is 13.0. The molecule has 1 aliphatic heterocycles. The number of aromatic nitrogens is 3. The van der Waals surface area contributed by atoms with E-state index in [9.17, 15) is 9.59 Å². The van der Waals surface area contributed by atoms with Gasteiger partial charge in [0.1, 0.15) is 17.6 Å². The highest BCUT2D eigenvalue weighted by atomic mass is 32.1. The summed E-state index contributed by atoms with van der Waals surface area (Å²) in [5, 5.41) is 4.39. The van der Waals surface area contributed by atoms with Crippen LogP contribution in [0.5, 0.6) is 11.5 Å². The van der Waals surface area contributed by atoms with Gasteiger partial charge < -0.3 is 9.47 Å². The molecule has 0 radical (unpaired) electrons. The van der Waals surface area contributed by atoms with Gasteiger partial charge in [0.15, 0.2) is 5.69 Å². The highest BCUT2D eigenvalue weighted by Crippen LogP contribution is 2.37. The van der Waals surface area contributed by atoms with Crippen molar-refractivity contribution in [2.75, 3.05) is 0 Å². The van der Waals surface area contributed by atoms with Crippen LogP contribution in [-0.2, 0) is 0 Å². The highest BCUT2D eigenvalue weighted by Gasteiger charge is 2.23. The molecule has 1 atom stereocenters. The summed E-state index contributed by atoms with van der Waals surface area (Å²) in [6.45, 7) is 3.88. The van der Waals surface area contributed by atoms with Gasteiger partial charge in [-0.15, -0.1) is 0 Å². The topological polar surface area (TPSA) is 82.8 Å². The number of para-hydroxylation sites is 1. The summed E-state index contributed by atoms with van der Waals surface area (Å²) in [6.07, 6.45) is 3.47. The van der Waals surface area contributed by atoms with Crippen LogP contribution in [0.4, 0.5) is 0 Å². The Morgan fingerprint density at radius 1 is 0.974 bits per heavy atom. The van der Waals surface area contributed by atoms with E-state index in [-0.39, 0.29) is 28.4 Å². The second-order valence-electron chi connectivity index (χ2n) is 9.16. The van der Waals surface area contributed by atoms with Crippen LogP contribution in [0.2, 0.25) is 0 Å². The van der Waals surface area contributed by atoms with Gasteiger partial charge in [-0.1, -0.05) is 59.9 Å². The van der Waals surface area contributed by atoms with Gasteiger partial charge in [0.25, 0.3) is 5.56 Å². The average molecular weight is 522 g/mol. The Kier molecular flexibility index (Phi) is 6.09. The SMILES string of the molecule is CC(C)Oc1ccc(-c2nn3c(=O)/c(=C\C4=Cc5ccccc5OC4c4ccccc4)sc3nc2=O)cc1. The maximum Gasteiger partial charge on any atom is 0.300 e. The largest absolute Gasteiger partial charge is 0.491 e. The van der Waals surface area contributed by atoms with Crippen LogP contribution >= 0.6 is 11.3 Å². The molecule has 0 N–H and O–H groups in total. The smallest absolute Gasteiger partial charge is 0.300 e. The van der Waals surface area contributed by atoms with E-state index in [1.54, 1.807) is 30.3 Å². The maximum absolute atomic E-state index is 13.4. The predicted octanol–water partition coefficient (Wildman–Crippen LogP) is 4.68. The summed E-state index contributed by atoms with van der Waals surface area (Å²) in [5.41, 5.74) is 2.55. The van der Waals surface area contributed by atoms with Crippen molar-refractivity contribution in [1.82, 2.24) is 14.6 Å². The minimum atomic E-state index is -0.494. The summed E-state index contributed by atoms with van der Waals surface area (Å²) in [4.78, 5) is 30.6. The van der Waals surface area contributed by atoms with E-state index in [1.807, 2.05) is 74.5 Å². The molecule has 5 aromatic rings. The molecule has 0 fully saturated rings. The lowest BCUT2D eigenvalue weighted by molar-refractivity contribution is 0.242. The molecule has 1 unspecified atom stereocenters. The summed E-state index contributed by atoms with van der Waals surface area (Å²) >= 11 is 1.13. The van der Waals surface area contributed by atoms with Gasteiger partial charge >= 0.3 is 5.56 Å². The average Bonchev–Trinajstić information content (AvgIpc) is 3.22. The molecule has 0 saturated carbocycles.